The zero-order valence-electron chi connectivity index (χ0n) is 15.5. The van der Waals surface area contributed by atoms with Crippen molar-refractivity contribution in [1.82, 2.24) is 19.7 Å². The Hall–Kier alpha value is -2.37. The molecule has 2 amide bonds. The number of anilines is 1. The first-order valence-electron chi connectivity index (χ1n) is 8.94. The van der Waals surface area contributed by atoms with Gasteiger partial charge in [-0.05, 0) is 51.2 Å². The van der Waals surface area contributed by atoms with E-state index in [4.69, 9.17) is 0 Å². The van der Waals surface area contributed by atoms with Crippen molar-refractivity contribution in [3.8, 4) is 5.69 Å². The van der Waals surface area contributed by atoms with E-state index in [0.29, 0.717) is 11.7 Å². The number of urea groups is 1. The van der Waals surface area contributed by atoms with Crippen molar-refractivity contribution in [1.29, 1.82) is 0 Å². The number of aryl methyl sites for hydroxylation is 1. The first-order chi connectivity index (χ1) is 11.9. The van der Waals surface area contributed by atoms with E-state index in [0.717, 1.165) is 37.1 Å². The van der Waals surface area contributed by atoms with Gasteiger partial charge in [0, 0.05) is 30.0 Å². The summed E-state index contributed by atoms with van der Waals surface area (Å²) in [5.41, 5.74) is 1.73. The smallest absolute Gasteiger partial charge is 0.319 e. The number of hydrogen-bond acceptors (Lipinski definition) is 3. The van der Waals surface area contributed by atoms with Crippen LogP contribution in [-0.2, 0) is 0 Å². The summed E-state index contributed by atoms with van der Waals surface area (Å²) in [6.07, 6.45) is 8.51. The highest BCUT2D eigenvalue weighted by Crippen LogP contribution is 2.35. The molecule has 0 aliphatic carbocycles. The summed E-state index contributed by atoms with van der Waals surface area (Å²) in [7, 11) is 0. The molecule has 25 heavy (non-hydrogen) atoms. The van der Waals surface area contributed by atoms with E-state index in [-0.39, 0.29) is 11.6 Å². The Bertz CT molecular complexity index is 740. The maximum Gasteiger partial charge on any atom is 0.323 e. The van der Waals surface area contributed by atoms with Crippen LogP contribution in [0.15, 0.2) is 30.7 Å². The molecule has 1 aliphatic heterocycles. The third kappa shape index (κ3) is 3.67. The molecule has 1 unspecified atom stereocenters. The quantitative estimate of drug-likeness (QED) is 0.914. The van der Waals surface area contributed by atoms with Crippen LogP contribution in [0.3, 0.4) is 0 Å². The average Bonchev–Trinajstić information content (AvgIpc) is 3.11. The Morgan fingerprint density at radius 2 is 2.24 bits per heavy atom. The standard InChI is InChI=1S/C19H27N5O/c1-14(2)11-19(4)8-6-10-23(19)18(25)21-17-15(3)13-24(22-17)16-7-5-9-20-12-16/h5,7,9,12-14H,6,8,10-11H2,1-4H3,(H,21,22,25). The highest BCUT2D eigenvalue weighted by atomic mass is 16.2. The van der Waals surface area contributed by atoms with Crippen molar-refractivity contribution < 1.29 is 4.79 Å². The number of nitrogens with one attached hydrogen (secondary N) is 1. The van der Waals surface area contributed by atoms with Gasteiger partial charge in [0.2, 0.25) is 0 Å². The van der Waals surface area contributed by atoms with E-state index >= 15 is 0 Å². The molecule has 3 rings (SSSR count). The number of amides is 2. The zero-order valence-corrected chi connectivity index (χ0v) is 15.5. The number of likely N-dealkylation sites (tertiary alicyclic amines) is 1. The number of nitrogens with zero attached hydrogens (tertiary/aromatic N) is 4. The molecule has 1 atom stereocenters. The number of aromatic nitrogens is 3. The normalized spacial score (nSPS) is 20.3. The van der Waals surface area contributed by atoms with Gasteiger partial charge in [0.1, 0.15) is 0 Å². The molecule has 134 valence electrons. The van der Waals surface area contributed by atoms with E-state index in [2.05, 4.69) is 36.2 Å². The summed E-state index contributed by atoms with van der Waals surface area (Å²) in [5, 5.41) is 7.52. The monoisotopic (exact) mass is 341 g/mol. The van der Waals surface area contributed by atoms with Gasteiger partial charge in [-0.25, -0.2) is 9.48 Å². The van der Waals surface area contributed by atoms with E-state index in [1.165, 1.54) is 0 Å². The maximum atomic E-state index is 12.9. The van der Waals surface area contributed by atoms with Crippen molar-refractivity contribution in [2.45, 2.75) is 52.5 Å². The summed E-state index contributed by atoms with van der Waals surface area (Å²) >= 11 is 0. The molecule has 1 N–H and O–H groups in total. The van der Waals surface area contributed by atoms with Gasteiger partial charge in [0.05, 0.1) is 11.9 Å². The topological polar surface area (TPSA) is 63.1 Å². The molecule has 6 heteroatoms. The number of hydrogen-bond donors (Lipinski definition) is 1. The summed E-state index contributed by atoms with van der Waals surface area (Å²) < 4.78 is 1.75. The van der Waals surface area contributed by atoms with Crippen molar-refractivity contribution in [2.75, 3.05) is 11.9 Å². The van der Waals surface area contributed by atoms with Crippen molar-refractivity contribution >= 4 is 11.8 Å². The SMILES string of the molecule is Cc1cn(-c2cccnc2)nc1NC(=O)N1CCCC1(C)CC(C)C. The van der Waals surface area contributed by atoms with Gasteiger partial charge < -0.3 is 4.90 Å². The van der Waals surface area contributed by atoms with Crippen molar-refractivity contribution in [3.63, 3.8) is 0 Å². The fraction of sp³-hybridized carbons (Fsp3) is 0.526. The molecule has 6 nitrogen and oxygen atoms in total. The van der Waals surface area contributed by atoms with Gasteiger partial charge in [-0.15, -0.1) is 5.10 Å². The van der Waals surface area contributed by atoms with Gasteiger partial charge in [-0.3, -0.25) is 10.3 Å². The third-order valence-electron chi connectivity index (χ3n) is 4.87. The van der Waals surface area contributed by atoms with Crippen molar-refractivity contribution in [2.24, 2.45) is 5.92 Å². The maximum absolute atomic E-state index is 12.9. The van der Waals surface area contributed by atoms with E-state index in [1.54, 1.807) is 17.1 Å². The lowest BCUT2D eigenvalue weighted by Crippen LogP contribution is -2.47. The molecule has 0 aromatic carbocycles. The number of rotatable bonds is 4. The van der Waals surface area contributed by atoms with Gasteiger partial charge >= 0.3 is 6.03 Å². The average molecular weight is 341 g/mol. The Morgan fingerprint density at radius 3 is 2.92 bits per heavy atom. The molecular weight excluding hydrogens is 314 g/mol. The van der Waals surface area contributed by atoms with E-state index in [1.807, 2.05) is 30.2 Å². The molecule has 0 bridgehead atoms. The number of carbonyl (C=O) groups excluding carboxylic acids is 1. The van der Waals surface area contributed by atoms with Gasteiger partial charge in [0.25, 0.3) is 0 Å². The highest BCUT2D eigenvalue weighted by Gasteiger charge is 2.40. The second-order valence-electron chi connectivity index (χ2n) is 7.60. The largest absolute Gasteiger partial charge is 0.323 e. The minimum atomic E-state index is -0.0714. The molecular formula is C19H27N5O. The van der Waals surface area contributed by atoms with Crippen molar-refractivity contribution in [3.05, 3.63) is 36.3 Å². The Labute approximate surface area is 149 Å². The molecule has 1 saturated heterocycles. The van der Waals surface area contributed by atoms with E-state index < -0.39 is 0 Å². The number of pyridine rings is 1. The Kier molecular flexibility index (Phi) is 4.79. The first-order valence-corrected chi connectivity index (χ1v) is 8.94. The van der Waals surface area contributed by atoms with Crippen LogP contribution in [0.25, 0.3) is 5.69 Å². The second-order valence-corrected chi connectivity index (χ2v) is 7.60. The van der Waals surface area contributed by atoms with Gasteiger partial charge in [0.15, 0.2) is 5.82 Å². The molecule has 1 aliphatic rings. The van der Waals surface area contributed by atoms with Crippen LogP contribution in [0.4, 0.5) is 10.6 Å². The molecule has 2 aromatic rings. The predicted octanol–water partition coefficient (Wildman–Crippen LogP) is 4.01. The predicted molar refractivity (Wildman–Crippen MR) is 98.9 cm³/mol. The Morgan fingerprint density at radius 1 is 1.44 bits per heavy atom. The molecule has 0 spiro atoms. The number of carbonyl (C=O) groups is 1. The first kappa shape index (κ1) is 17.5. The lowest BCUT2D eigenvalue weighted by atomic mass is 9.88. The second kappa shape index (κ2) is 6.86. The third-order valence-corrected chi connectivity index (χ3v) is 4.87. The Balaban J connectivity index is 1.76. The fourth-order valence-corrected chi connectivity index (χ4v) is 3.84. The van der Waals surface area contributed by atoms with Crippen LogP contribution in [0, 0.1) is 12.8 Å². The van der Waals surface area contributed by atoms with E-state index in [9.17, 15) is 4.79 Å². The van der Waals surface area contributed by atoms with Crippen LogP contribution in [0.2, 0.25) is 0 Å². The van der Waals surface area contributed by atoms with Crippen LogP contribution in [-0.4, -0.2) is 37.8 Å². The fourth-order valence-electron chi connectivity index (χ4n) is 3.84. The molecule has 1 fully saturated rings. The van der Waals surface area contributed by atoms with Crippen LogP contribution in [0.1, 0.15) is 45.6 Å². The lowest BCUT2D eigenvalue weighted by molar-refractivity contribution is 0.151. The highest BCUT2D eigenvalue weighted by molar-refractivity contribution is 5.89. The summed E-state index contributed by atoms with van der Waals surface area (Å²) in [6.45, 7) is 9.36. The van der Waals surface area contributed by atoms with Gasteiger partial charge in [-0.1, -0.05) is 13.8 Å². The lowest BCUT2D eigenvalue weighted by Gasteiger charge is -2.36. The van der Waals surface area contributed by atoms with Crippen LogP contribution in [0.5, 0.6) is 0 Å². The molecule has 2 aromatic heterocycles. The minimum absolute atomic E-state index is 0.0554. The van der Waals surface area contributed by atoms with Gasteiger partial charge in [-0.2, -0.15) is 0 Å². The minimum Gasteiger partial charge on any atom is -0.319 e. The summed E-state index contributed by atoms with van der Waals surface area (Å²) in [4.78, 5) is 19.0. The summed E-state index contributed by atoms with van der Waals surface area (Å²) in [5.74, 6) is 1.16. The van der Waals surface area contributed by atoms with Crippen LogP contribution < -0.4 is 5.32 Å². The van der Waals surface area contributed by atoms with Crippen LogP contribution >= 0.6 is 0 Å². The summed E-state index contributed by atoms with van der Waals surface area (Å²) in [6, 6.07) is 3.75. The zero-order chi connectivity index (χ0) is 18.0. The molecule has 0 saturated carbocycles. The molecule has 0 radical (unpaired) electrons. The molecule has 3 heterocycles.